The highest BCUT2D eigenvalue weighted by atomic mass is 16.7. The molecule has 0 N–H and O–H groups in total. The van der Waals surface area contributed by atoms with Gasteiger partial charge in [-0.25, -0.2) is 0 Å². The molecule has 47 heavy (non-hydrogen) atoms. The normalized spacial score (nSPS) is 44.4. The van der Waals surface area contributed by atoms with Crippen LogP contribution >= 0.6 is 0 Å². The van der Waals surface area contributed by atoms with Gasteiger partial charge in [-0.1, -0.05) is 50.6 Å². The molecule has 2 aliphatic heterocycles. The van der Waals surface area contributed by atoms with Crippen LogP contribution in [0.25, 0.3) is 0 Å². The SMILES string of the molecule is CC[C@H]1CCCC[C@@H](C)C(=O)C2C(c3ccccc3)C3C(CCC4C[C@@H](OC5OC(C)C(OC)C(OC)C5OC)C[C@H]43)[C@@H]2CC(=O)O1. The highest BCUT2D eigenvalue weighted by Gasteiger charge is 2.61. The summed E-state index contributed by atoms with van der Waals surface area (Å²) < 4.78 is 36.7. The third-order valence-corrected chi connectivity index (χ3v) is 12.8. The van der Waals surface area contributed by atoms with Crippen molar-refractivity contribution in [2.24, 2.45) is 41.4 Å². The monoisotopic (exact) mass is 654 g/mol. The van der Waals surface area contributed by atoms with E-state index in [2.05, 4.69) is 44.2 Å². The van der Waals surface area contributed by atoms with E-state index in [0.29, 0.717) is 35.9 Å². The molecule has 262 valence electrons. The summed E-state index contributed by atoms with van der Waals surface area (Å²) in [6.07, 6.45) is 7.20. The number of hydrogen-bond acceptors (Lipinski definition) is 8. The standard InChI is InChI=1S/C39H58O8/c1-7-26-16-12-11-13-22(2)35(41)34-30(21-31(40)46-26)28-18-17-25-19-27(20-29(25)33(28)32(34)24-14-9-8-10-15-24)47-39-38(44-6)37(43-5)36(42-4)23(3)45-39/h8-10,14-15,22-23,25-30,32-34,36-39H,7,11-13,16-21H2,1-6H3/t22-,23?,25?,26+,27-,28?,29-,30+,32?,33?,34?,36?,37?,38?,39?/m1/s1. The molecule has 8 heteroatoms. The molecule has 8 nitrogen and oxygen atoms in total. The fourth-order valence-corrected chi connectivity index (χ4v) is 10.7. The number of Topliss-reactive ketones (excluding diaryl/α,β-unsaturated/α-hetero) is 1. The van der Waals surface area contributed by atoms with Gasteiger partial charge in [-0.05, 0) is 99.4 Å². The molecule has 2 saturated heterocycles. The highest BCUT2D eigenvalue weighted by Crippen LogP contribution is 2.64. The summed E-state index contributed by atoms with van der Waals surface area (Å²) in [6.45, 7) is 6.23. The van der Waals surface area contributed by atoms with Gasteiger partial charge in [-0.2, -0.15) is 0 Å². The number of esters is 1. The molecule has 15 atom stereocenters. The molecule has 10 unspecified atom stereocenters. The fraction of sp³-hybridized carbons (Fsp3) is 0.795. The molecule has 5 aliphatic rings. The molecule has 0 spiro atoms. The van der Waals surface area contributed by atoms with Crippen molar-refractivity contribution in [3.8, 4) is 0 Å². The minimum atomic E-state index is -0.556. The second-order valence-electron chi connectivity index (χ2n) is 15.2. The molecule has 0 amide bonds. The lowest BCUT2D eigenvalue weighted by Gasteiger charge is -2.44. The Balaban J connectivity index is 1.30. The number of ketones is 1. The zero-order valence-electron chi connectivity index (χ0n) is 29.4. The van der Waals surface area contributed by atoms with Crippen LogP contribution in [-0.4, -0.2) is 76.0 Å². The van der Waals surface area contributed by atoms with E-state index in [1.54, 1.807) is 21.3 Å². The molecule has 1 aromatic rings. The minimum absolute atomic E-state index is 0.000607. The lowest BCUT2D eigenvalue weighted by Crippen LogP contribution is -2.59. The zero-order chi connectivity index (χ0) is 33.2. The van der Waals surface area contributed by atoms with Crippen molar-refractivity contribution in [1.82, 2.24) is 0 Å². The van der Waals surface area contributed by atoms with Gasteiger partial charge in [0.15, 0.2) is 6.29 Å². The number of methoxy groups -OCH3 is 3. The van der Waals surface area contributed by atoms with E-state index < -0.39 is 12.4 Å². The van der Waals surface area contributed by atoms with Gasteiger partial charge >= 0.3 is 5.97 Å². The number of cyclic esters (lactones) is 1. The molecule has 0 bridgehead atoms. The predicted octanol–water partition coefficient (Wildman–Crippen LogP) is 6.73. The lowest BCUT2D eigenvalue weighted by atomic mass is 9.64. The van der Waals surface area contributed by atoms with Crippen LogP contribution in [0, 0.1) is 41.4 Å². The van der Waals surface area contributed by atoms with Crippen molar-refractivity contribution in [2.75, 3.05) is 21.3 Å². The maximum absolute atomic E-state index is 14.6. The van der Waals surface area contributed by atoms with Gasteiger partial charge in [0.1, 0.15) is 30.2 Å². The number of benzene rings is 1. The largest absolute Gasteiger partial charge is 0.462 e. The Bertz CT molecular complexity index is 1190. The molecule has 3 saturated carbocycles. The molecule has 0 radical (unpaired) electrons. The van der Waals surface area contributed by atoms with Crippen LogP contribution in [0.15, 0.2) is 30.3 Å². The summed E-state index contributed by atoms with van der Waals surface area (Å²) in [7, 11) is 5.03. The number of fused-ring (bicyclic) bond motifs is 5. The number of hydrogen-bond donors (Lipinski definition) is 0. The average Bonchev–Trinajstić information content (AvgIpc) is 3.63. The highest BCUT2D eigenvalue weighted by molar-refractivity contribution is 5.86. The van der Waals surface area contributed by atoms with E-state index in [1.807, 2.05) is 6.92 Å². The summed E-state index contributed by atoms with van der Waals surface area (Å²) in [5, 5.41) is 0. The van der Waals surface area contributed by atoms with Crippen molar-refractivity contribution in [3.05, 3.63) is 35.9 Å². The van der Waals surface area contributed by atoms with Crippen molar-refractivity contribution < 1.29 is 38.0 Å². The molecule has 6 rings (SSSR count). The van der Waals surface area contributed by atoms with Crippen molar-refractivity contribution >= 4 is 11.8 Å². The summed E-state index contributed by atoms with van der Waals surface area (Å²) in [5.74, 6) is 1.65. The van der Waals surface area contributed by atoms with Crippen LogP contribution in [0.4, 0.5) is 0 Å². The molecule has 1 aromatic carbocycles. The van der Waals surface area contributed by atoms with E-state index in [4.69, 9.17) is 28.4 Å². The first-order valence-electron chi connectivity index (χ1n) is 18.5. The van der Waals surface area contributed by atoms with E-state index in [0.717, 1.165) is 57.8 Å². The van der Waals surface area contributed by atoms with E-state index in [-0.39, 0.29) is 60.2 Å². The molecule has 5 fully saturated rings. The lowest BCUT2D eigenvalue weighted by molar-refractivity contribution is -0.314. The van der Waals surface area contributed by atoms with Crippen LogP contribution in [0.2, 0.25) is 0 Å². The average molecular weight is 655 g/mol. The zero-order valence-corrected chi connectivity index (χ0v) is 29.4. The number of carbonyl (C=O) groups is 2. The molecular formula is C39H58O8. The fourth-order valence-electron chi connectivity index (χ4n) is 10.7. The van der Waals surface area contributed by atoms with Gasteiger partial charge in [0.05, 0.1) is 12.2 Å². The first-order valence-corrected chi connectivity index (χ1v) is 18.5. The summed E-state index contributed by atoms with van der Waals surface area (Å²) in [5.41, 5.74) is 1.24. The minimum Gasteiger partial charge on any atom is -0.462 e. The maximum Gasteiger partial charge on any atom is 0.306 e. The van der Waals surface area contributed by atoms with Crippen molar-refractivity contribution in [2.45, 2.75) is 134 Å². The van der Waals surface area contributed by atoms with Gasteiger partial charge in [0, 0.05) is 39.6 Å². The first-order chi connectivity index (χ1) is 22.8. The van der Waals surface area contributed by atoms with Crippen LogP contribution in [0.5, 0.6) is 0 Å². The third-order valence-electron chi connectivity index (χ3n) is 12.8. The van der Waals surface area contributed by atoms with Crippen LogP contribution < -0.4 is 0 Å². The smallest absolute Gasteiger partial charge is 0.306 e. The van der Waals surface area contributed by atoms with Crippen molar-refractivity contribution in [1.29, 1.82) is 0 Å². The second-order valence-corrected chi connectivity index (χ2v) is 15.2. The quantitative estimate of drug-likeness (QED) is 0.299. The van der Waals surface area contributed by atoms with Crippen LogP contribution in [0.3, 0.4) is 0 Å². The van der Waals surface area contributed by atoms with Gasteiger partial charge in [0.2, 0.25) is 0 Å². The Morgan fingerprint density at radius 2 is 1.51 bits per heavy atom. The Kier molecular flexibility index (Phi) is 11.4. The summed E-state index contributed by atoms with van der Waals surface area (Å²) in [6, 6.07) is 10.7. The Hall–Kier alpha value is -1.84. The molecule has 0 aromatic heterocycles. The predicted molar refractivity (Wildman–Crippen MR) is 178 cm³/mol. The Morgan fingerprint density at radius 3 is 2.21 bits per heavy atom. The second kappa shape index (κ2) is 15.4. The van der Waals surface area contributed by atoms with E-state index >= 15 is 0 Å². The van der Waals surface area contributed by atoms with Crippen molar-refractivity contribution in [3.63, 3.8) is 0 Å². The van der Waals surface area contributed by atoms with Gasteiger partial charge in [-0.15, -0.1) is 0 Å². The first kappa shape index (κ1) is 35.0. The maximum atomic E-state index is 14.6. The van der Waals surface area contributed by atoms with Gasteiger partial charge in [-0.3, -0.25) is 9.59 Å². The van der Waals surface area contributed by atoms with E-state index in [1.165, 1.54) is 5.56 Å². The topological polar surface area (TPSA) is 89.5 Å². The summed E-state index contributed by atoms with van der Waals surface area (Å²) >= 11 is 0. The third kappa shape index (κ3) is 6.96. The number of rotatable bonds is 7. The number of carbonyl (C=O) groups excluding carboxylic acids is 2. The summed E-state index contributed by atoms with van der Waals surface area (Å²) in [4.78, 5) is 28.2. The van der Waals surface area contributed by atoms with Gasteiger partial charge in [0.25, 0.3) is 0 Å². The van der Waals surface area contributed by atoms with Crippen LogP contribution in [0.1, 0.15) is 96.5 Å². The van der Waals surface area contributed by atoms with Crippen LogP contribution in [-0.2, 0) is 38.0 Å². The molecule has 3 aliphatic carbocycles. The Labute approximate surface area is 281 Å². The number of ether oxygens (including phenoxy) is 6. The molecule has 2 heterocycles. The van der Waals surface area contributed by atoms with E-state index in [9.17, 15) is 9.59 Å². The molecular weight excluding hydrogens is 596 g/mol. The van der Waals surface area contributed by atoms with Gasteiger partial charge < -0.3 is 28.4 Å². The Morgan fingerprint density at radius 1 is 0.787 bits per heavy atom.